The maximum absolute atomic E-state index is 11.3. The number of thiophene rings is 1. The minimum Gasteiger partial charge on any atom is -0.485 e. The van der Waals surface area contributed by atoms with E-state index in [1.54, 1.807) is 11.3 Å². The first-order chi connectivity index (χ1) is 17.8. The van der Waals surface area contributed by atoms with Crippen LogP contribution in [-0.4, -0.2) is 21.2 Å². The van der Waals surface area contributed by atoms with Crippen molar-refractivity contribution in [2.24, 2.45) is 0 Å². The minimum atomic E-state index is -0.781. The van der Waals surface area contributed by atoms with Gasteiger partial charge in [-0.05, 0) is 103 Å². The Labute approximate surface area is 235 Å². The molecule has 1 N–H and O–H groups in total. The summed E-state index contributed by atoms with van der Waals surface area (Å²) in [6, 6.07) is 9.67. The lowest BCUT2D eigenvalue weighted by Gasteiger charge is -2.18. The number of aromatic nitrogens is 2. The molecule has 10 heteroatoms. The maximum atomic E-state index is 11.3. The molecule has 7 nitrogen and oxygen atoms in total. The Morgan fingerprint density at radius 2 is 2.11 bits per heavy atom. The lowest BCUT2D eigenvalue weighted by Crippen LogP contribution is -2.03. The Kier molecular flexibility index (Phi) is 7.69. The minimum absolute atomic E-state index is 0.0126. The fourth-order valence-corrected chi connectivity index (χ4v) is 6.66. The van der Waals surface area contributed by atoms with Crippen molar-refractivity contribution in [3.63, 3.8) is 0 Å². The molecule has 37 heavy (non-hydrogen) atoms. The second-order valence-electron chi connectivity index (χ2n) is 9.18. The number of carbonyl (C=O) groups is 1. The molecule has 0 aliphatic heterocycles. The molecule has 2 aromatic heterocycles. The predicted octanol–water partition coefficient (Wildman–Crippen LogP) is 8.32. The Balaban J connectivity index is 1.34. The molecule has 0 amide bonds. The number of hydrogen-bond acceptors (Lipinski definition) is 7. The highest BCUT2D eigenvalue weighted by Crippen LogP contribution is 2.48. The molecule has 192 valence electrons. The highest BCUT2D eigenvalue weighted by atomic mass is 79.9. The first-order valence-electron chi connectivity index (χ1n) is 11.8. The van der Waals surface area contributed by atoms with Crippen LogP contribution in [0.25, 0.3) is 11.5 Å². The molecule has 0 spiro atoms. The topological polar surface area (TPSA) is 94.7 Å². The molecule has 0 saturated carbocycles. The largest absolute Gasteiger partial charge is 0.485 e. The van der Waals surface area contributed by atoms with E-state index in [1.165, 1.54) is 0 Å². The smallest absolute Gasteiger partial charge is 0.303 e. The Bertz CT molecular complexity index is 1440. The molecule has 2 aromatic carbocycles. The van der Waals surface area contributed by atoms with Crippen molar-refractivity contribution in [2.45, 2.75) is 51.6 Å². The second kappa shape index (κ2) is 11.0. The second-order valence-corrected chi connectivity index (χ2v) is 11.6. The molecular weight excluding hydrogens is 624 g/mol. The van der Waals surface area contributed by atoms with Crippen molar-refractivity contribution in [2.75, 3.05) is 0 Å². The van der Waals surface area contributed by atoms with E-state index in [0.29, 0.717) is 23.2 Å². The number of nitrogens with zero attached hydrogens (tertiary/aromatic N) is 2. The summed E-state index contributed by atoms with van der Waals surface area (Å²) in [7, 11) is 0. The summed E-state index contributed by atoms with van der Waals surface area (Å²) in [5.41, 5.74) is 4.06. The average Bonchev–Trinajstić information content (AvgIpc) is 3.62. The first-order valence-corrected chi connectivity index (χ1v) is 14.3. The number of hydrogen-bond donors (Lipinski definition) is 1. The van der Waals surface area contributed by atoms with E-state index >= 15 is 0 Å². The van der Waals surface area contributed by atoms with Gasteiger partial charge in [0.15, 0.2) is 12.4 Å². The third-order valence-corrected chi connectivity index (χ3v) is 8.44. The summed E-state index contributed by atoms with van der Waals surface area (Å²) in [5, 5.41) is 17.2. The van der Waals surface area contributed by atoms with E-state index in [4.69, 9.17) is 14.0 Å². The zero-order valence-electron chi connectivity index (χ0n) is 20.2. The van der Waals surface area contributed by atoms with E-state index in [1.807, 2.05) is 41.1 Å². The Morgan fingerprint density at radius 1 is 1.27 bits per heavy atom. The highest BCUT2D eigenvalue weighted by Gasteiger charge is 2.29. The van der Waals surface area contributed by atoms with Crippen molar-refractivity contribution in [1.29, 1.82) is 0 Å². The van der Waals surface area contributed by atoms with E-state index in [0.717, 1.165) is 49.8 Å². The van der Waals surface area contributed by atoms with Crippen LogP contribution in [0.5, 0.6) is 17.2 Å². The molecule has 5 rings (SSSR count). The van der Waals surface area contributed by atoms with Gasteiger partial charge in [-0.3, -0.25) is 4.79 Å². The van der Waals surface area contributed by atoms with Crippen LogP contribution in [0, 0.1) is 0 Å². The van der Waals surface area contributed by atoms with Crippen molar-refractivity contribution in [1.82, 2.24) is 10.1 Å². The van der Waals surface area contributed by atoms with Crippen LogP contribution in [0.2, 0.25) is 0 Å². The number of ether oxygens (including phenoxy) is 2. The molecule has 2 heterocycles. The number of carboxylic acid groups (broad SMARTS) is 1. The van der Waals surface area contributed by atoms with E-state index < -0.39 is 5.97 Å². The summed E-state index contributed by atoms with van der Waals surface area (Å²) in [5.74, 6) is 2.45. The van der Waals surface area contributed by atoms with Crippen molar-refractivity contribution >= 4 is 49.2 Å². The fraction of sp³-hybridized carbons (Fsp3) is 0.296. The summed E-state index contributed by atoms with van der Waals surface area (Å²) in [6.07, 6.45) is 1.75. The summed E-state index contributed by atoms with van der Waals surface area (Å²) < 4.78 is 19.4. The van der Waals surface area contributed by atoms with Gasteiger partial charge in [0.05, 0.1) is 20.9 Å². The van der Waals surface area contributed by atoms with Crippen molar-refractivity contribution < 1.29 is 23.9 Å². The first kappa shape index (κ1) is 25.9. The van der Waals surface area contributed by atoms with E-state index in [9.17, 15) is 9.90 Å². The number of benzene rings is 2. The van der Waals surface area contributed by atoms with Crippen molar-refractivity contribution in [3.8, 4) is 28.7 Å². The maximum Gasteiger partial charge on any atom is 0.303 e. The zero-order chi connectivity index (χ0) is 26.1. The quantitative estimate of drug-likeness (QED) is 0.195. The fourth-order valence-electron chi connectivity index (χ4n) is 4.52. The number of fused-ring (bicyclic) bond motifs is 1. The monoisotopic (exact) mass is 646 g/mol. The summed E-state index contributed by atoms with van der Waals surface area (Å²) in [6.45, 7) is 4.38. The van der Waals surface area contributed by atoms with Gasteiger partial charge in [0.2, 0.25) is 5.82 Å². The molecule has 4 aromatic rings. The summed E-state index contributed by atoms with van der Waals surface area (Å²) in [4.78, 5) is 15.7. The van der Waals surface area contributed by atoms with Gasteiger partial charge in [-0.2, -0.15) is 16.3 Å². The van der Waals surface area contributed by atoms with Gasteiger partial charge in [-0.25, -0.2) is 0 Å². The lowest BCUT2D eigenvalue weighted by atomic mass is 9.98. The molecule has 0 bridgehead atoms. The Morgan fingerprint density at radius 3 is 2.84 bits per heavy atom. The van der Waals surface area contributed by atoms with Gasteiger partial charge in [0.1, 0.15) is 11.5 Å². The van der Waals surface area contributed by atoms with E-state index in [-0.39, 0.29) is 24.9 Å². The van der Waals surface area contributed by atoms with Crippen LogP contribution < -0.4 is 9.47 Å². The third kappa shape index (κ3) is 5.61. The number of aliphatic carboxylic acids is 1. The van der Waals surface area contributed by atoms with Gasteiger partial charge in [-0.1, -0.05) is 19.0 Å². The van der Waals surface area contributed by atoms with Crippen LogP contribution in [-0.2, 0) is 17.8 Å². The zero-order valence-corrected chi connectivity index (χ0v) is 24.2. The predicted molar refractivity (Wildman–Crippen MR) is 148 cm³/mol. The average molecular weight is 648 g/mol. The van der Waals surface area contributed by atoms with Gasteiger partial charge >= 0.3 is 5.97 Å². The Hall–Kier alpha value is -2.69. The molecule has 1 aliphatic rings. The normalized spacial score (nSPS) is 14.7. The highest BCUT2D eigenvalue weighted by molar-refractivity contribution is 9.11. The molecule has 0 saturated heterocycles. The van der Waals surface area contributed by atoms with Gasteiger partial charge in [0.25, 0.3) is 5.89 Å². The van der Waals surface area contributed by atoms with Crippen LogP contribution >= 0.6 is 43.2 Å². The van der Waals surface area contributed by atoms with Gasteiger partial charge in [0, 0.05) is 10.9 Å². The molecule has 1 atom stereocenters. The van der Waals surface area contributed by atoms with Crippen LogP contribution in [0.1, 0.15) is 61.0 Å². The molecule has 1 unspecified atom stereocenters. The number of rotatable bonds is 9. The molecule has 0 fully saturated rings. The standard InChI is InChI=1S/C27H24Br2N2O5S/c1-14(2)19-10-17(4-6-22(19)34-12-23-30-27(36-31-23)16-7-8-37-13-16)35-26-21(28)11-20-15(9-24(32)33)3-5-18(20)25(26)29/h4,6-8,10-11,13-15H,3,5,9,12H2,1-2H3,(H,32,33). The van der Waals surface area contributed by atoms with Gasteiger partial charge in [-0.15, -0.1) is 0 Å². The van der Waals surface area contributed by atoms with Gasteiger partial charge < -0.3 is 19.1 Å². The summed E-state index contributed by atoms with van der Waals surface area (Å²) >= 11 is 8.92. The van der Waals surface area contributed by atoms with Crippen LogP contribution in [0.3, 0.4) is 0 Å². The van der Waals surface area contributed by atoms with Crippen molar-refractivity contribution in [3.05, 3.63) is 72.6 Å². The lowest BCUT2D eigenvalue weighted by molar-refractivity contribution is -0.137. The molecular formula is C27H24Br2N2O5S. The molecule has 0 radical (unpaired) electrons. The van der Waals surface area contributed by atoms with Crippen LogP contribution in [0.4, 0.5) is 0 Å². The third-order valence-electron chi connectivity index (χ3n) is 6.33. The van der Waals surface area contributed by atoms with Crippen LogP contribution in [0.15, 0.2) is 54.6 Å². The SMILES string of the molecule is CC(C)c1cc(Oc2c(Br)cc3c(c2Br)CCC3CC(=O)O)ccc1OCc1noc(-c2ccsc2)n1. The number of halogens is 2. The molecule has 1 aliphatic carbocycles. The van der Waals surface area contributed by atoms with E-state index in [2.05, 4.69) is 55.8 Å². The number of carboxylic acids is 1.